The molecule has 4 heterocycles. The minimum Gasteiger partial charge on any atom is -0.309 e. The molecule has 0 amide bonds. The molecular weight excluding hydrogens is 787 g/mol. The number of thiophene rings is 1. The first-order valence-electron chi connectivity index (χ1n) is 21.2. The summed E-state index contributed by atoms with van der Waals surface area (Å²) in [6.45, 7) is 0. The predicted molar refractivity (Wildman–Crippen MR) is 263 cm³/mol. The van der Waals surface area contributed by atoms with Crippen LogP contribution in [0.3, 0.4) is 0 Å². The molecule has 13 rings (SSSR count). The Kier molecular flexibility index (Phi) is 8.01. The van der Waals surface area contributed by atoms with E-state index in [-0.39, 0.29) is 0 Å². The largest absolute Gasteiger partial charge is 0.309 e. The van der Waals surface area contributed by atoms with E-state index in [1.54, 1.807) is 0 Å². The van der Waals surface area contributed by atoms with Crippen LogP contribution in [0, 0.1) is 0 Å². The summed E-state index contributed by atoms with van der Waals surface area (Å²) in [5, 5.41) is 7.23. The van der Waals surface area contributed by atoms with E-state index in [9.17, 15) is 0 Å². The van der Waals surface area contributed by atoms with Gasteiger partial charge >= 0.3 is 0 Å². The molecule has 0 N–H and O–H groups in total. The van der Waals surface area contributed by atoms with Gasteiger partial charge in [-0.05, 0) is 65.2 Å². The van der Waals surface area contributed by atoms with Crippen LogP contribution in [0.1, 0.15) is 0 Å². The van der Waals surface area contributed by atoms with E-state index in [1.165, 1.54) is 42.0 Å². The molecule has 0 aliphatic heterocycles. The van der Waals surface area contributed by atoms with Crippen molar-refractivity contribution in [3.05, 3.63) is 212 Å². The predicted octanol–water partition coefficient (Wildman–Crippen LogP) is 15.1. The third kappa shape index (κ3) is 5.66. The first-order chi connectivity index (χ1) is 31.2. The van der Waals surface area contributed by atoms with Crippen LogP contribution >= 0.6 is 11.3 Å². The van der Waals surface area contributed by atoms with Crippen LogP contribution in [-0.4, -0.2) is 24.1 Å². The third-order valence-electron chi connectivity index (χ3n) is 12.4. The molecule has 0 fully saturated rings. The van der Waals surface area contributed by atoms with Gasteiger partial charge in [-0.15, -0.1) is 11.3 Å². The van der Waals surface area contributed by atoms with E-state index < -0.39 is 0 Å². The highest BCUT2D eigenvalue weighted by molar-refractivity contribution is 7.26. The third-order valence-corrected chi connectivity index (χ3v) is 13.6. The average molecular weight is 822 g/mol. The van der Waals surface area contributed by atoms with Crippen LogP contribution < -0.4 is 0 Å². The van der Waals surface area contributed by atoms with E-state index in [2.05, 4.69) is 215 Å². The van der Waals surface area contributed by atoms with Gasteiger partial charge in [0.05, 0.1) is 22.1 Å². The molecule has 0 unspecified atom stereocenters. The van der Waals surface area contributed by atoms with Crippen molar-refractivity contribution in [3.63, 3.8) is 0 Å². The van der Waals surface area contributed by atoms with Crippen LogP contribution in [0.15, 0.2) is 212 Å². The monoisotopic (exact) mass is 821 g/mol. The topological polar surface area (TPSA) is 48.5 Å². The number of para-hydroxylation sites is 4. The van der Waals surface area contributed by atoms with Crippen molar-refractivity contribution in [2.75, 3.05) is 0 Å². The zero-order chi connectivity index (χ0) is 41.4. The number of nitrogens with zero attached hydrogens (tertiary/aromatic N) is 5. The zero-order valence-corrected chi connectivity index (χ0v) is 34.7. The lowest BCUT2D eigenvalue weighted by molar-refractivity contribution is 0.954. The smallest absolute Gasteiger partial charge is 0.238 e. The van der Waals surface area contributed by atoms with E-state index in [0.29, 0.717) is 17.6 Å². The number of benzene rings is 9. The van der Waals surface area contributed by atoms with Crippen molar-refractivity contribution in [3.8, 4) is 56.7 Å². The van der Waals surface area contributed by atoms with Crippen LogP contribution in [-0.2, 0) is 0 Å². The van der Waals surface area contributed by atoms with E-state index in [1.807, 2.05) is 17.4 Å². The molecule has 0 spiro atoms. The molecule has 0 saturated heterocycles. The highest BCUT2D eigenvalue weighted by Crippen LogP contribution is 2.45. The standard InChI is InChI=1S/C57H35N5S/c1-2-17-36(18-3-1)37-19-16-20-38(33-37)55-58-56(60-57(59-55)62-51-30-13-8-24-43(51)44-25-9-14-31-52(44)62)46-27-5-4-21-40(46)47-34-39(35-48-45-26-10-15-32-53(45)63-54(47)48)61-49-28-11-6-22-41(49)42-23-7-12-29-50(42)61/h1-35H. The first-order valence-corrected chi connectivity index (χ1v) is 22.0. The van der Waals surface area contributed by atoms with Gasteiger partial charge in [-0.1, -0.05) is 164 Å². The van der Waals surface area contributed by atoms with Gasteiger partial charge in [0.1, 0.15) is 0 Å². The second kappa shape index (κ2) is 14.2. The van der Waals surface area contributed by atoms with Gasteiger partial charge in [0.2, 0.25) is 5.95 Å². The molecular formula is C57H35N5S. The molecule has 0 atom stereocenters. The first kappa shape index (κ1) is 35.6. The maximum absolute atomic E-state index is 5.45. The Labute approximate surface area is 366 Å². The molecule has 4 aromatic heterocycles. The van der Waals surface area contributed by atoms with Crippen molar-refractivity contribution < 1.29 is 0 Å². The summed E-state index contributed by atoms with van der Waals surface area (Å²) in [7, 11) is 0. The minimum atomic E-state index is 0.568. The number of hydrogen-bond donors (Lipinski definition) is 0. The average Bonchev–Trinajstić information content (AvgIpc) is 4.02. The number of fused-ring (bicyclic) bond motifs is 9. The Morgan fingerprint density at radius 2 is 0.825 bits per heavy atom. The summed E-state index contributed by atoms with van der Waals surface area (Å²) in [5.41, 5.74) is 11.8. The SMILES string of the molecule is c1ccc(-c2cccc(-c3nc(-c4ccccc4-c4cc(-n5c6ccccc6c6ccccc65)cc5c4sc4ccccc45)nc(-n4c5ccccc5c5ccccc54)n3)c2)cc1. The van der Waals surface area contributed by atoms with Crippen LogP contribution in [0.25, 0.3) is 120 Å². The molecule has 0 saturated carbocycles. The fourth-order valence-electron chi connectivity index (χ4n) is 9.58. The maximum Gasteiger partial charge on any atom is 0.238 e. The normalized spacial score (nSPS) is 11.8. The molecule has 13 aromatic rings. The van der Waals surface area contributed by atoms with Gasteiger partial charge in [-0.25, -0.2) is 4.98 Å². The number of hydrogen-bond acceptors (Lipinski definition) is 4. The Balaban J connectivity index is 1.10. The second-order valence-corrected chi connectivity index (χ2v) is 17.0. The maximum atomic E-state index is 5.45. The van der Waals surface area contributed by atoms with Crippen LogP contribution in [0.5, 0.6) is 0 Å². The molecule has 63 heavy (non-hydrogen) atoms. The number of aromatic nitrogens is 5. The summed E-state index contributed by atoms with van der Waals surface area (Å²) >= 11 is 1.84. The molecule has 294 valence electrons. The number of rotatable bonds is 6. The van der Waals surface area contributed by atoms with E-state index in [0.717, 1.165) is 60.9 Å². The summed E-state index contributed by atoms with van der Waals surface area (Å²) in [6, 6.07) is 75.6. The lowest BCUT2D eigenvalue weighted by Crippen LogP contribution is -2.07. The van der Waals surface area contributed by atoms with Crippen molar-refractivity contribution in [2.24, 2.45) is 0 Å². The van der Waals surface area contributed by atoms with Gasteiger partial charge in [0.25, 0.3) is 0 Å². The Morgan fingerprint density at radius 3 is 1.49 bits per heavy atom. The van der Waals surface area contributed by atoms with Crippen molar-refractivity contribution in [1.82, 2.24) is 24.1 Å². The minimum absolute atomic E-state index is 0.568. The molecule has 0 aliphatic carbocycles. The quantitative estimate of drug-likeness (QED) is 0.168. The van der Waals surface area contributed by atoms with E-state index >= 15 is 0 Å². The summed E-state index contributed by atoms with van der Waals surface area (Å²) in [5.74, 6) is 1.78. The fourth-order valence-corrected chi connectivity index (χ4v) is 10.8. The van der Waals surface area contributed by atoms with Gasteiger partial charge in [-0.3, -0.25) is 4.57 Å². The lowest BCUT2D eigenvalue weighted by atomic mass is 9.96. The molecule has 0 bridgehead atoms. The van der Waals surface area contributed by atoms with Crippen LogP contribution in [0.2, 0.25) is 0 Å². The molecule has 5 nitrogen and oxygen atoms in total. The summed E-state index contributed by atoms with van der Waals surface area (Å²) < 4.78 is 7.08. The zero-order valence-electron chi connectivity index (χ0n) is 33.9. The van der Waals surface area contributed by atoms with Gasteiger partial charge in [0, 0.05) is 64.1 Å². The highest BCUT2D eigenvalue weighted by atomic mass is 32.1. The Hall–Kier alpha value is -8.19. The Morgan fingerprint density at radius 1 is 0.317 bits per heavy atom. The molecule has 9 aromatic carbocycles. The fraction of sp³-hybridized carbons (Fsp3) is 0. The molecule has 0 radical (unpaired) electrons. The van der Waals surface area contributed by atoms with E-state index in [4.69, 9.17) is 15.0 Å². The molecule has 6 heteroatoms. The summed E-state index contributed by atoms with van der Waals surface area (Å²) in [4.78, 5) is 16.2. The van der Waals surface area contributed by atoms with Gasteiger partial charge in [-0.2, -0.15) is 9.97 Å². The highest BCUT2D eigenvalue weighted by Gasteiger charge is 2.22. The van der Waals surface area contributed by atoms with Gasteiger partial charge in [0.15, 0.2) is 11.6 Å². The lowest BCUT2D eigenvalue weighted by Gasteiger charge is -2.16. The van der Waals surface area contributed by atoms with Crippen molar-refractivity contribution in [2.45, 2.75) is 0 Å². The second-order valence-electron chi connectivity index (χ2n) is 16.0. The summed E-state index contributed by atoms with van der Waals surface area (Å²) in [6.07, 6.45) is 0. The van der Waals surface area contributed by atoms with Gasteiger partial charge < -0.3 is 4.57 Å². The Bertz CT molecular complexity index is 3820. The van der Waals surface area contributed by atoms with Crippen LogP contribution in [0.4, 0.5) is 0 Å². The van der Waals surface area contributed by atoms with Crippen molar-refractivity contribution >= 4 is 75.1 Å². The van der Waals surface area contributed by atoms with Crippen molar-refractivity contribution in [1.29, 1.82) is 0 Å². The molecule has 0 aliphatic rings.